The smallest absolute Gasteiger partial charge is 0.228 e. The van der Waals surface area contributed by atoms with Crippen molar-refractivity contribution in [1.82, 2.24) is 4.57 Å². The summed E-state index contributed by atoms with van der Waals surface area (Å²) < 4.78 is 5.13. The van der Waals surface area contributed by atoms with Gasteiger partial charge in [0.15, 0.2) is 6.20 Å². The van der Waals surface area contributed by atoms with Crippen LogP contribution in [-0.4, -0.2) is 4.57 Å². The molecule has 0 saturated carbocycles. The summed E-state index contributed by atoms with van der Waals surface area (Å²) in [7, 11) is 0. The van der Waals surface area contributed by atoms with E-state index in [2.05, 4.69) is 208 Å². The van der Waals surface area contributed by atoms with Crippen molar-refractivity contribution in [3.63, 3.8) is 0 Å². The van der Waals surface area contributed by atoms with Crippen LogP contribution in [0.1, 0.15) is 152 Å². The molecule has 0 amide bonds. The summed E-state index contributed by atoms with van der Waals surface area (Å²) >= 11 is 0. The molecule has 304 valence electrons. The van der Waals surface area contributed by atoms with Crippen molar-refractivity contribution in [2.24, 2.45) is 0 Å². The average Bonchev–Trinajstić information content (AvgIpc) is 3.45. The van der Waals surface area contributed by atoms with Gasteiger partial charge in [-0.1, -0.05) is 156 Å². The summed E-state index contributed by atoms with van der Waals surface area (Å²) in [5.41, 5.74) is 21.9. The van der Waals surface area contributed by atoms with Gasteiger partial charge in [0.25, 0.3) is 0 Å². The normalized spacial score (nSPS) is 12.8. The number of benzene rings is 6. The highest BCUT2D eigenvalue weighted by atomic mass is 15.2. The number of aromatic nitrogens is 2. The average molecular weight is 788 g/mol. The zero-order valence-corrected chi connectivity index (χ0v) is 38.0. The predicted molar refractivity (Wildman–Crippen MR) is 259 cm³/mol. The van der Waals surface area contributed by atoms with Crippen LogP contribution < -0.4 is 4.57 Å². The van der Waals surface area contributed by atoms with E-state index in [1.807, 2.05) is 0 Å². The summed E-state index contributed by atoms with van der Waals surface area (Å²) in [5.74, 6) is 2.44. The first-order valence-electron chi connectivity index (χ1n) is 22.7. The largest absolute Gasteiger partial charge is 0.284 e. The number of pyridine rings is 1. The van der Waals surface area contributed by atoms with E-state index in [9.17, 15) is 0 Å². The van der Waals surface area contributed by atoms with Crippen LogP contribution in [0, 0.1) is 0 Å². The van der Waals surface area contributed by atoms with E-state index in [-0.39, 0.29) is 0 Å². The molecule has 8 aromatic rings. The van der Waals surface area contributed by atoms with E-state index in [4.69, 9.17) is 0 Å². The molecule has 6 aromatic carbocycles. The van der Waals surface area contributed by atoms with Gasteiger partial charge in [0.1, 0.15) is 0 Å². The van der Waals surface area contributed by atoms with Crippen LogP contribution >= 0.6 is 0 Å². The summed E-state index contributed by atoms with van der Waals surface area (Å²) in [6.07, 6.45) is 2.36. The molecule has 1 aliphatic rings. The Morgan fingerprint density at radius 3 is 1.38 bits per heavy atom. The monoisotopic (exact) mass is 787 g/mol. The first kappa shape index (κ1) is 40.0. The maximum atomic E-state index is 2.62. The van der Waals surface area contributed by atoms with Crippen molar-refractivity contribution in [2.75, 3.05) is 0 Å². The maximum absolute atomic E-state index is 2.62. The van der Waals surface area contributed by atoms with Crippen molar-refractivity contribution >= 4 is 32.6 Å². The molecule has 0 radical (unpaired) electrons. The Bertz CT molecular complexity index is 2890. The van der Waals surface area contributed by atoms with Gasteiger partial charge in [-0.25, -0.2) is 0 Å². The van der Waals surface area contributed by atoms with Gasteiger partial charge in [-0.3, -0.25) is 4.57 Å². The van der Waals surface area contributed by atoms with Crippen LogP contribution in [-0.2, 0) is 6.67 Å². The van der Waals surface area contributed by atoms with Gasteiger partial charge in [0.2, 0.25) is 12.4 Å². The van der Waals surface area contributed by atoms with Crippen LogP contribution in [0.25, 0.3) is 77.2 Å². The van der Waals surface area contributed by atoms with Crippen LogP contribution in [0.15, 0.2) is 115 Å². The lowest BCUT2D eigenvalue weighted by atomic mass is 9.82. The highest BCUT2D eigenvalue weighted by Gasteiger charge is 2.30. The lowest BCUT2D eigenvalue weighted by Crippen LogP contribution is -2.38. The molecule has 0 saturated heterocycles. The summed E-state index contributed by atoms with van der Waals surface area (Å²) in [6, 6.07) is 42.8. The van der Waals surface area contributed by atoms with E-state index in [1.54, 1.807) is 0 Å². The van der Waals surface area contributed by atoms with E-state index >= 15 is 0 Å². The molecule has 0 fully saturated rings. The fourth-order valence-corrected chi connectivity index (χ4v) is 10.6. The second-order valence-corrected chi connectivity index (χ2v) is 19.5. The first-order chi connectivity index (χ1) is 28.8. The predicted octanol–water partition coefficient (Wildman–Crippen LogP) is 16.5. The zero-order chi connectivity index (χ0) is 42.3. The third kappa shape index (κ3) is 6.32. The number of nitrogens with zero attached hydrogens (tertiary/aromatic N) is 2. The number of hydrogen-bond donors (Lipinski definition) is 0. The van der Waals surface area contributed by atoms with E-state index in [0.717, 1.165) is 6.67 Å². The minimum absolute atomic E-state index is 0.383. The van der Waals surface area contributed by atoms with Gasteiger partial charge in [-0.2, -0.15) is 4.57 Å². The molecule has 2 aromatic heterocycles. The van der Waals surface area contributed by atoms with Gasteiger partial charge in [-0.05, 0) is 132 Å². The molecule has 0 aliphatic carbocycles. The van der Waals surface area contributed by atoms with Crippen molar-refractivity contribution in [2.45, 2.75) is 125 Å². The molecule has 0 spiro atoms. The minimum atomic E-state index is 0.383. The standard InChI is InChI=1S/C58H63N2/c1-33(2)41-17-13-18-42(34(3)4)54(41)39-25-26-52-49(29-39)51-31-50(56-45(37(9)10)21-15-22-46(56)38(11)12)47-23-16-24-48-53-30-40(27-28-59(53)32-60(52)58(51)57(47)48)55-43(35(5)6)19-14-20-44(55)36(7)8/h13-31,33-38H,32H2,1-12H3/q+1. The minimum Gasteiger partial charge on any atom is -0.284 e. The molecule has 1 aliphatic heterocycles. The molecule has 2 nitrogen and oxygen atoms in total. The van der Waals surface area contributed by atoms with Crippen LogP contribution in [0.3, 0.4) is 0 Å². The zero-order valence-electron chi connectivity index (χ0n) is 38.0. The fraction of sp³-hybridized carbons (Fsp3) is 0.328. The third-order valence-corrected chi connectivity index (χ3v) is 13.6. The van der Waals surface area contributed by atoms with Crippen molar-refractivity contribution in [3.05, 3.63) is 149 Å². The molecular weight excluding hydrogens is 725 g/mol. The Balaban J connectivity index is 1.43. The summed E-state index contributed by atoms with van der Waals surface area (Å²) in [4.78, 5) is 0. The lowest BCUT2D eigenvalue weighted by Gasteiger charge is -2.22. The SMILES string of the molecule is CC(C)c1cccc(C(C)C)c1-c1cc[n+]2c(c1)-c1cccc3c(-c4c(C(C)C)cccc4C(C)C)cc4c5cc(-c6c(C(C)C)cccc6C(C)C)ccc5n(c4c13)C2. The van der Waals surface area contributed by atoms with Gasteiger partial charge >= 0.3 is 0 Å². The molecule has 0 N–H and O–H groups in total. The third-order valence-electron chi connectivity index (χ3n) is 13.6. The number of fused-ring (bicyclic) bond motifs is 5. The van der Waals surface area contributed by atoms with Gasteiger partial charge in [0, 0.05) is 28.3 Å². The second-order valence-electron chi connectivity index (χ2n) is 19.5. The Kier molecular flexibility index (Phi) is 10.1. The van der Waals surface area contributed by atoms with E-state index in [0.29, 0.717) is 35.5 Å². The molecule has 3 heterocycles. The van der Waals surface area contributed by atoms with Crippen LogP contribution in [0.2, 0.25) is 0 Å². The molecule has 9 rings (SSSR count). The van der Waals surface area contributed by atoms with Crippen LogP contribution in [0.4, 0.5) is 0 Å². The first-order valence-corrected chi connectivity index (χ1v) is 22.7. The van der Waals surface area contributed by atoms with Crippen molar-refractivity contribution < 1.29 is 4.57 Å². The van der Waals surface area contributed by atoms with Gasteiger partial charge in [0.05, 0.1) is 16.6 Å². The van der Waals surface area contributed by atoms with E-state index in [1.165, 1.54) is 111 Å². The second kappa shape index (κ2) is 15.2. The molecule has 0 bridgehead atoms. The number of hydrogen-bond acceptors (Lipinski definition) is 0. The molecule has 2 heteroatoms. The number of rotatable bonds is 9. The Morgan fingerprint density at radius 2 is 0.883 bits per heavy atom. The quantitative estimate of drug-likeness (QED) is 0.129. The highest BCUT2D eigenvalue weighted by Crippen LogP contribution is 2.49. The fourth-order valence-electron chi connectivity index (χ4n) is 10.6. The summed E-state index contributed by atoms with van der Waals surface area (Å²) in [6.45, 7) is 28.8. The topological polar surface area (TPSA) is 8.81 Å². The highest BCUT2D eigenvalue weighted by molar-refractivity contribution is 6.25. The lowest BCUT2D eigenvalue weighted by molar-refractivity contribution is -0.689. The Labute approximate surface area is 358 Å². The van der Waals surface area contributed by atoms with Crippen molar-refractivity contribution in [1.29, 1.82) is 0 Å². The van der Waals surface area contributed by atoms with Gasteiger partial charge < -0.3 is 0 Å². The van der Waals surface area contributed by atoms with Gasteiger partial charge in [-0.15, -0.1) is 0 Å². The van der Waals surface area contributed by atoms with E-state index < -0.39 is 0 Å². The summed E-state index contributed by atoms with van der Waals surface area (Å²) in [5, 5.41) is 5.35. The molecular formula is C58H63N2+. The molecule has 0 unspecified atom stereocenters. The maximum Gasteiger partial charge on any atom is 0.228 e. The molecule has 0 atom stereocenters. The van der Waals surface area contributed by atoms with Crippen LogP contribution in [0.5, 0.6) is 0 Å². The Hall–Kier alpha value is -5.47. The molecule has 60 heavy (non-hydrogen) atoms. The Morgan fingerprint density at radius 1 is 0.417 bits per heavy atom. The van der Waals surface area contributed by atoms with Crippen molar-refractivity contribution in [3.8, 4) is 44.6 Å².